The number of anilines is 1. The molecule has 1 heterocycles. The van der Waals surface area contributed by atoms with Gasteiger partial charge in [0.2, 0.25) is 0 Å². The molecule has 8 heteroatoms. The van der Waals surface area contributed by atoms with E-state index in [4.69, 9.17) is 14.2 Å². The molecule has 0 unspecified atom stereocenters. The molecule has 0 aromatic heterocycles. The minimum Gasteiger partial charge on any atom is -0.494 e. The first-order valence-corrected chi connectivity index (χ1v) is 10.3. The first kappa shape index (κ1) is 22.1. The summed E-state index contributed by atoms with van der Waals surface area (Å²) in [7, 11) is 0. The van der Waals surface area contributed by atoms with Crippen LogP contribution in [-0.2, 0) is 9.53 Å². The first-order chi connectivity index (χ1) is 15.0. The van der Waals surface area contributed by atoms with Crippen molar-refractivity contribution in [3.05, 3.63) is 54.1 Å². The topological polar surface area (TPSA) is 89.5 Å². The third-order valence-corrected chi connectivity index (χ3v) is 4.54. The van der Waals surface area contributed by atoms with Crippen molar-refractivity contribution in [3.8, 4) is 11.5 Å². The van der Waals surface area contributed by atoms with Gasteiger partial charge >= 0.3 is 5.97 Å². The van der Waals surface area contributed by atoms with E-state index in [1.54, 1.807) is 24.3 Å². The van der Waals surface area contributed by atoms with Crippen molar-refractivity contribution in [2.75, 3.05) is 37.9 Å². The molecule has 0 radical (unpaired) electrons. The number of hydrogen-bond donors (Lipinski definition) is 1. The molecule has 2 aromatic carbocycles. The maximum absolute atomic E-state index is 12.1. The van der Waals surface area contributed by atoms with Gasteiger partial charge in [-0.1, -0.05) is 0 Å². The third kappa shape index (κ3) is 6.74. The van der Waals surface area contributed by atoms with E-state index in [0.29, 0.717) is 31.1 Å². The van der Waals surface area contributed by atoms with Gasteiger partial charge < -0.3 is 19.5 Å². The van der Waals surface area contributed by atoms with Crippen molar-refractivity contribution < 1.29 is 23.8 Å². The van der Waals surface area contributed by atoms with E-state index in [2.05, 4.69) is 10.4 Å². The minimum atomic E-state index is -0.548. The number of ether oxygens (including phenoxy) is 3. The number of nitrogens with zero attached hydrogens (tertiary/aromatic N) is 2. The van der Waals surface area contributed by atoms with Crippen molar-refractivity contribution in [1.82, 2.24) is 5.32 Å². The second kappa shape index (κ2) is 11.0. The van der Waals surface area contributed by atoms with Gasteiger partial charge in [0.15, 0.2) is 6.61 Å². The lowest BCUT2D eigenvalue weighted by molar-refractivity contribution is -0.124. The molecule has 1 N–H and O–H groups in total. The Morgan fingerprint density at radius 1 is 1.03 bits per heavy atom. The summed E-state index contributed by atoms with van der Waals surface area (Å²) < 4.78 is 16.0. The predicted octanol–water partition coefficient (Wildman–Crippen LogP) is 3.02. The number of nitrogens with one attached hydrogen (secondary N) is 1. The van der Waals surface area contributed by atoms with Crippen LogP contribution in [0.15, 0.2) is 53.6 Å². The maximum atomic E-state index is 12.1. The number of carbonyl (C=O) groups is 2. The van der Waals surface area contributed by atoms with Gasteiger partial charge in [0, 0.05) is 18.7 Å². The molecule has 1 aliphatic heterocycles. The quantitative estimate of drug-likeness (QED) is 0.465. The highest BCUT2D eigenvalue weighted by Crippen LogP contribution is 2.20. The van der Waals surface area contributed by atoms with Gasteiger partial charge in [-0.15, -0.1) is 0 Å². The van der Waals surface area contributed by atoms with Crippen LogP contribution in [0.1, 0.15) is 30.6 Å². The average molecular weight is 425 g/mol. The maximum Gasteiger partial charge on any atom is 0.338 e. The fourth-order valence-corrected chi connectivity index (χ4v) is 2.95. The second-order valence-electron chi connectivity index (χ2n) is 6.93. The molecule has 0 fully saturated rings. The van der Waals surface area contributed by atoms with E-state index < -0.39 is 5.97 Å². The van der Waals surface area contributed by atoms with Crippen molar-refractivity contribution in [1.29, 1.82) is 0 Å². The van der Waals surface area contributed by atoms with Crippen molar-refractivity contribution in [3.63, 3.8) is 0 Å². The second-order valence-corrected chi connectivity index (χ2v) is 6.93. The average Bonchev–Trinajstić information content (AvgIpc) is 3.23. The Kier molecular flexibility index (Phi) is 7.86. The number of benzene rings is 2. The Hall–Kier alpha value is -3.55. The van der Waals surface area contributed by atoms with Crippen molar-refractivity contribution >= 4 is 23.3 Å². The van der Waals surface area contributed by atoms with Gasteiger partial charge in [-0.3, -0.25) is 9.80 Å². The van der Waals surface area contributed by atoms with Gasteiger partial charge in [-0.05, 0) is 62.4 Å². The van der Waals surface area contributed by atoms with E-state index >= 15 is 0 Å². The van der Waals surface area contributed by atoms with Crippen LogP contribution >= 0.6 is 0 Å². The summed E-state index contributed by atoms with van der Waals surface area (Å²) in [5, 5.41) is 8.97. The summed E-state index contributed by atoms with van der Waals surface area (Å²) in [6, 6.07) is 14.2. The van der Waals surface area contributed by atoms with Crippen LogP contribution in [0.4, 0.5) is 5.69 Å². The Labute approximate surface area is 181 Å². The molecule has 0 saturated carbocycles. The molecule has 0 saturated heterocycles. The SMILES string of the molecule is CCOc1ccc(OCCNC(=O)COC(=O)c2ccc(N3CCC(C)=N3)cc2)cc1. The summed E-state index contributed by atoms with van der Waals surface area (Å²) in [6.45, 7) is 5.60. The highest BCUT2D eigenvalue weighted by Gasteiger charge is 2.14. The molecule has 0 bridgehead atoms. The zero-order valence-corrected chi connectivity index (χ0v) is 17.8. The molecule has 31 heavy (non-hydrogen) atoms. The Morgan fingerprint density at radius 2 is 1.71 bits per heavy atom. The monoisotopic (exact) mass is 425 g/mol. The van der Waals surface area contributed by atoms with E-state index in [1.165, 1.54) is 0 Å². The normalized spacial score (nSPS) is 12.8. The summed E-state index contributed by atoms with van der Waals surface area (Å²) in [5.74, 6) is 0.525. The standard InChI is InChI=1S/C23H27N3O5/c1-3-29-20-8-10-21(11-9-20)30-15-13-24-22(27)16-31-23(28)18-4-6-19(7-5-18)26-14-12-17(2)25-26/h4-11H,3,12-16H2,1-2H3,(H,24,27). The fraction of sp³-hybridized carbons (Fsp3) is 0.348. The number of hydrazone groups is 1. The molecule has 0 aliphatic carbocycles. The largest absolute Gasteiger partial charge is 0.494 e. The molecule has 1 amide bonds. The lowest BCUT2D eigenvalue weighted by Crippen LogP contribution is -2.32. The number of esters is 1. The smallest absolute Gasteiger partial charge is 0.338 e. The van der Waals surface area contributed by atoms with Crippen LogP contribution in [0.2, 0.25) is 0 Å². The summed E-state index contributed by atoms with van der Waals surface area (Å²) >= 11 is 0. The van der Waals surface area contributed by atoms with Crippen molar-refractivity contribution in [2.45, 2.75) is 20.3 Å². The summed E-state index contributed by atoms with van der Waals surface area (Å²) in [6.07, 6.45) is 0.935. The van der Waals surface area contributed by atoms with Gasteiger partial charge in [-0.2, -0.15) is 5.10 Å². The fourth-order valence-electron chi connectivity index (χ4n) is 2.95. The van der Waals surface area contributed by atoms with E-state index in [0.717, 1.165) is 30.1 Å². The summed E-state index contributed by atoms with van der Waals surface area (Å²) in [5.41, 5.74) is 2.38. The molecule has 3 rings (SSSR count). The predicted molar refractivity (Wildman–Crippen MR) is 118 cm³/mol. The van der Waals surface area contributed by atoms with E-state index in [1.807, 2.05) is 43.1 Å². The zero-order chi connectivity index (χ0) is 22.1. The van der Waals surface area contributed by atoms with Crippen LogP contribution in [0.3, 0.4) is 0 Å². The highest BCUT2D eigenvalue weighted by molar-refractivity contribution is 5.92. The van der Waals surface area contributed by atoms with E-state index in [-0.39, 0.29) is 12.5 Å². The van der Waals surface area contributed by atoms with Gasteiger partial charge in [0.05, 0.1) is 24.4 Å². The minimum absolute atomic E-state index is 0.299. The highest BCUT2D eigenvalue weighted by atomic mass is 16.5. The number of carbonyl (C=O) groups excluding carboxylic acids is 2. The zero-order valence-electron chi connectivity index (χ0n) is 17.8. The molecular formula is C23H27N3O5. The molecule has 0 spiro atoms. The molecule has 164 valence electrons. The van der Waals surface area contributed by atoms with Crippen LogP contribution < -0.4 is 19.8 Å². The number of amides is 1. The molecular weight excluding hydrogens is 398 g/mol. The Balaban J connectivity index is 1.34. The lowest BCUT2D eigenvalue weighted by atomic mass is 10.2. The van der Waals surface area contributed by atoms with Crippen molar-refractivity contribution in [2.24, 2.45) is 5.10 Å². The van der Waals surface area contributed by atoms with Gasteiger partial charge in [0.1, 0.15) is 18.1 Å². The number of hydrogen-bond acceptors (Lipinski definition) is 7. The molecule has 0 atom stereocenters. The van der Waals surface area contributed by atoms with Gasteiger partial charge in [-0.25, -0.2) is 4.79 Å². The van der Waals surface area contributed by atoms with E-state index in [9.17, 15) is 9.59 Å². The lowest BCUT2D eigenvalue weighted by Gasteiger charge is -2.13. The van der Waals surface area contributed by atoms with Gasteiger partial charge in [0.25, 0.3) is 5.91 Å². The molecule has 1 aliphatic rings. The van der Waals surface area contributed by atoms with Crippen LogP contribution in [-0.4, -0.2) is 50.5 Å². The summed E-state index contributed by atoms with van der Waals surface area (Å²) in [4.78, 5) is 24.0. The third-order valence-electron chi connectivity index (χ3n) is 4.54. The molecule has 8 nitrogen and oxygen atoms in total. The first-order valence-electron chi connectivity index (χ1n) is 10.3. The van der Waals surface area contributed by atoms with Crippen LogP contribution in [0.25, 0.3) is 0 Å². The number of rotatable bonds is 10. The Morgan fingerprint density at radius 3 is 2.32 bits per heavy atom. The molecule has 2 aromatic rings. The van der Waals surface area contributed by atoms with Crippen LogP contribution in [0.5, 0.6) is 11.5 Å². The van der Waals surface area contributed by atoms with Crippen LogP contribution in [0, 0.1) is 0 Å². The Bertz CT molecular complexity index is 910.